The van der Waals surface area contributed by atoms with Crippen LogP contribution in [0, 0.1) is 0 Å². The van der Waals surface area contributed by atoms with Crippen molar-refractivity contribution >= 4 is 11.9 Å². The van der Waals surface area contributed by atoms with Crippen LogP contribution in [-0.2, 0) is 16.6 Å². The molecule has 1 aliphatic rings. The van der Waals surface area contributed by atoms with E-state index in [2.05, 4.69) is 0 Å². The summed E-state index contributed by atoms with van der Waals surface area (Å²) in [5.41, 5.74) is 0.910. The molecule has 78 valence electrons. The number of benzene rings is 1. The first-order valence-corrected chi connectivity index (χ1v) is 4.55. The fourth-order valence-corrected chi connectivity index (χ4v) is 1.97. The standard InChI is InChI=1S/C11H10O4/c1-11(10(14)15)5-7-4-6(9(12)13)2-3-8(7)11/h2-4H,5H2,1H3,(H,12,13)(H,14,15). The van der Waals surface area contributed by atoms with Crippen LogP contribution < -0.4 is 0 Å². The molecule has 0 radical (unpaired) electrons. The summed E-state index contributed by atoms with van der Waals surface area (Å²) in [6, 6.07) is 4.58. The normalized spacial score (nSPS) is 22.7. The highest BCUT2D eigenvalue weighted by atomic mass is 16.4. The lowest BCUT2D eigenvalue weighted by Gasteiger charge is -2.37. The maximum Gasteiger partial charge on any atom is 0.335 e. The number of hydrogen-bond acceptors (Lipinski definition) is 2. The van der Waals surface area contributed by atoms with E-state index >= 15 is 0 Å². The molecule has 1 atom stereocenters. The Balaban J connectivity index is 2.43. The smallest absolute Gasteiger partial charge is 0.335 e. The van der Waals surface area contributed by atoms with Gasteiger partial charge in [-0.15, -0.1) is 0 Å². The van der Waals surface area contributed by atoms with Gasteiger partial charge in [0.2, 0.25) is 0 Å². The summed E-state index contributed by atoms with van der Waals surface area (Å²) in [6.45, 7) is 1.65. The number of hydrogen-bond donors (Lipinski definition) is 2. The molecule has 2 N–H and O–H groups in total. The summed E-state index contributed by atoms with van der Waals surface area (Å²) < 4.78 is 0. The lowest BCUT2D eigenvalue weighted by atomic mass is 9.65. The van der Waals surface area contributed by atoms with Crippen LogP contribution in [-0.4, -0.2) is 22.2 Å². The molecule has 2 rings (SSSR count). The van der Waals surface area contributed by atoms with E-state index in [1.165, 1.54) is 6.07 Å². The number of fused-ring (bicyclic) bond motifs is 1. The molecular weight excluding hydrogens is 196 g/mol. The highest BCUT2D eigenvalue weighted by molar-refractivity contribution is 5.90. The molecule has 0 saturated carbocycles. The molecule has 1 aromatic rings. The van der Waals surface area contributed by atoms with Gasteiger partial charge in [0.1, 0.15) is 0 Å². The molecule has 0 heterocycles. The second-order valence-corrected chi connectivity index (χ2v) is 3.99. The van der Waals surface area contributed by atoms with Crippen molar-refractivity contribution in [3.63, 3.8) is 0 Å². The number of aliphatic carboxylic acids is 1. The Morgan fingerprint density at radius 1 is 1.33 bits per heavy atom. The first-order chi connectivity index (χ1) is 6.95. The van der Waals surface area contributed by atoms with Gasteiger partial charge < -0.3 is 10.2 Å². The number of rotatable bonds is 2. The van der Waals surface area contributed by atoms with E-state index in [1.54, 1.807) is 19.1 Å². The number of carboxylic acids is 2. The molecule has 1 aromatic carbocycles. The fourth-order valence-electron chi connectivity index (χ4n) is 1.97. The van der Waals surface area contributed by atoms with E-state index in [9.17, 15) is 9.59 Å². The van der Waals surface area contributed by atoms with Gasteiger partial charge in [0.05, 0.1) is 11.0 Å². The van der Waals surface area contributed by atoms with Crippen molar-refractivity contribution in [2.24, 2.45) is 0 Å². The van der Waals surface area contributed by atoms with Gasteiger partial charge in [0.15, 0.2) is 0 Å². The average molecular weight is 206 g/mol. The van der Waals surface area contributed by atoms with Crippen molar-refractivity contribution in [1.29, 1.82) is 0 Å². The van der Waals surface area contributed by atoms with Gasteiger partial charge in [-0.3, -0.25) is 4.79 Å². The topological polar surface area (TPSA) is 74.6 Å². The number of carbonyl (C=O) groups is 2. The Kier molecular flexibility index (Phi) is 1.83. The summed E-state index contributed by atoms with van der Waals surface area (Å²) in [6.07, 6.45) is 0.402. The zero-order chi connectivity index (χ0) is 11.2. The van der Waals surface area contributed by atoms with Crippen LogP contribution in [0.4, 0.5) is 0 Å². The first kappa shape index (κ1) is 9.71. The van der Waals surface area contributed by atoms with E-state index in [0.717, 1.165) is 11.1 Å². The number of carboxylic acid groups (broad SMARTS) is 2. The zero-order valence-electron chi connectivity index (χ0n) is 8.15. The molecule has 4 nitrogen and oxygen atoms in total. The van der Waals surface area contributed by atoms with Crippen LogP contribution in [0.3, 0.4) is 0 Å². The van der Waals surface area contributed by atoms with Crippen LogP contribution >= 0.6 is 0 Å². The van der Waals surface area contributed by atoms with Gasteiger partial charge >= 0.3 is 11.9 Å². The lowest BCUT2D eigenvalue weighted by molar-refractivity contribution is -0.144. The van der Waals surface area contributed by atoms with Crippen molar-refractivity contribution < 1.29 is 19.8 Å². The van der Waals surface area contributed by atoms with Gasteiger partial charge in [-0.1, -0.05) is 6.07 Å². The third kappa shape index (κ3) is 1.21. The van der Waals surface area contributed by atoms with Gasteiger partial charge in [-0.25, -0.2) is 4.79 Å². The summed E-state index contributed by atoms with van der Waals surface area (Å²) in [7, 11) is 0. The fraction of sp³-hybridized carbons (Fsp3) is 0.273. The molecule has 0 bridgehead atoms. The minimum absolute atomic E-state index is 0.209. The summed E-state index contributed by atoms with van der Waals surface area (Å²) in [4.78, 5) is 21.6. The predicted molar refractivity (Wildman–Crippen MR) is 52.1 cm³/mol. The molecule has 0 amide bonds. The SMILES string of the molecule is CC1(C(=O)O)Cc2cc(C(=O)O)ccc21. The van der Waals surface area contributed by atoms with Crippen LogP contribution in [0.2, 0.25) is 0 Å². The van der Waals surface area contributed by atoms with Crippen LogP contribution in [0.5, 0.6) is 0 Å². The third-order valence-corrected chi connectivity index (χ3v) is 2.96. The molecule has 1 unspecified atom stereocenters. The predicted octanol–water partition coefficient (Wildman–Crippen LogP) is 1.28. The Morgan fingerprint density at radius 3 is 2.47 bits per heavy atom. The highest BCUT2D eigenvalue weighted by Crippen LogP contribution is 2.41. The molecule has 0 aliphatic heterocycles. The van der Waals surface area contributed by atoms with E-state index < -0.39 is 17.4 Å². The third-order valence-electron chi connectivity index (χ3n) is 2.96. The zero-order valence-corrected chi connectivity index (χ0v) is 8.15. The van der Waals surface area contributed by atoms with Gasteiger partial charge in [-0.05, 0) is 36.6 Å². The largest absolute Gasteiger partial charge is 0.481 e. The lowest BCUT2D eigenvalue weighted by Crippen LogP contribution is -2.43. The highest BCUT2D eigenvalue weighted by Gasteiger charge is 2.45. The van der Waals surface area contributed by atoms with Gasteiger partial charge in [0, 0.05) is 0 Å². The van der Waals surface area contributed by atoms with Gasteiger partial charge in [0.25, 0.3) is 0 Å². The number of aromatic carboxylic acids is 1. The molecule has 0 spiro atoms. The van der Waals surface area contributed by atoms with Crippen molar-refractivity contribution in [1.82, 2.24) is 0 Å². The second kappa shape index (κ2) is 2.82. The Labute approximate surface area is 86.2 Å². The van der Waals surface area contributed by atoms with Crippen LogP contribution in [0.1, 0.15) is 28.4 Å². The molecule has 0 saturated heterocycles. The molecule has 1 aliphatic carbocycles. The molecular formula is C11H10O4. The van der Waals surface area contributed by atoms with Crippen molar-refractivity contribution in [2.45, 2.75) is 18.8 Å². The minimum atomic E-state index is -0.985. The molecule has 0 fully saturated rings. The van der Waals surface area contributed by atoms with Crippen LogP contribution in [0.15, 0.2) is 18.2 Å². The maximum atomic E-state index is 11.0. The van der Waals surface area contributed by atoms with Crippen molar-refractivity contribution in [3.8, 4) is 0 Å². The van der Waals surface area contributed by atoms with E-state index in [-0.39, 0.29) is 5.56 Å². The van der Waals surface area contributed by atoms with E-state index in [0.29, 0.717) is 6.42 Å². The summed E-state index contributed by atoms with van der Waals surface area (Å²) in [5.74, 6) is -1.85. The van der Waals surface area contributed by atoms with Crippen LogP contribution in [0.25, 0.3) is 0 Å². The Morgan fingerprint density at radius 2 is 2.00 bits per heavy atom. The van der Waals surface area contributed by atoms with Gasteiger partial charge in [-0.2, -0.15) is 0 Å². The maximum absolute atomic E-state index is 11.0. The Bertz CT molecular complexity index is 464. The average Bonchev–Trinajstić information content (AvgIpc) is 2.14. The van der Waals surface area contributed by atoms with Crippen molar-refractivity contribution in [2.75, 3.05) is 0 Å². The van der Waals surface area contributed by atoms with E-state index in [4.69, 9.17) is 10.2 Å². The first-order valence-electron chi connectivity index (χ1n) is 4.55. The summed E-state index contributed by atoms with van der Waals surface area (Å²) >= 11 is 0. The quantitative estimate of drug-likeness (QED) is 0.764. The second-order valence-electron chi connectivity index (χ2n) is 3.99. The summed E-state index contributed by atoms with van der Waals surface area (Å²) in [5, 5.41) is 17.7. The molecule has 0 aromatic heterocycles. The monoisotopic (exact) mass is 206 g/mol. The van der Waals surface area contributed by atoms with Crippen molar-refractivity contribution in [3.05, 3.63) is 34.9 Å². The molecule has 15 heavy (non-hydrogen) atoms. The molecule has 4 heteroatoms. The Hall–Kier alpha value is -1.84. The van der Waals surface area contributed by atoms with E-state index in [1.807, 2.05) is 0 Å². The minimum Gasteiger partial charge on any atom is -0.481 e.